The summed E-state index contributed by atoms with van der Waals surface area (Å²) in [5.74, 6) is 0. The van der Waals surface area contributed by atoms with E-state index in [0.717, 1.165) is 19.3 Å². The van der Waals surface area contributed by atoms with Crippen LogP contribution in [0.15, 0.2) is 17.6 Å². The van der Waals surface area contributed by atoms with E-state index in [1.165, 1.54) is 12.5 Å². The van der Waals surface area contributed by atoms with Gasteiger partial charge >= 0.3 is 0 Å². The second kappa shape index (κ2) is 5.38. The van der Waals surface area contributed by atoms with Gasteiger partial charge in [-0.1, -0.05) is 19.3 Å². The van der Waals surface area contributed by atoms with Crippen molar-refractivity contribution >= 4 is 10.0 Å². The monoisotopic (exact) mass is 273 g/mol. The van der Waals surface area contributed by atoms with Crippen LogP contribution >= 0.6 is 0 Å². The first-order valence-electron chi connectivity index (χ1n) is 6.17. The van der Waals surface area contributed by atoms with E-state index in [1.807, 2.05) is 0 Å². The highest BCUT2D eigenvalue weighted by atomic mass is 32.2. The number of nitrogens with zero attached hydrogens (tertiary/aromatic N) is 2. The maximum atomic E-state index is 12.1. The van der Waals surface area contributed by atoms with E-state index < -0.39 is 22.2 Å². The molecular weight excluding hydrogens is 254 g/mol. The van der Waals surface area contributed by atoms with Crippen LogP contribution in [0.4, 0.5) is 0 Å². The maximum Gasteiger partial charge on any atom is 0.259 e. The molecule has 2 N–H and O–H groups in total. The van der Waals surface area contributed by atoms with Gasteiger partial charge in [-0.15, -0.1) is 0 Å². The Morgan fingerprint density at radius 3 is 2.78 bits per heavy atom. The Bertz CT molecular complexity index is 497. The minimum atomic E-state index is -3.63. The molecule has 1 aromatic heterocycles. The predicted molar refractivity (Wildman–Crippen MR) is 66.4 cm³/mol. The van der Waals surface area contributed by atoms with Gasteiger partial charge in [-0.3, -0.25) is 0 Å². The standard InChI is InChI=1S/C11H19N3O3S/c1-14-7-11(12-8-14)18(16,17)13-9-5-3-2-4-6-10(9)15/h7-10,13,15H,2-6H2,1H3. The zero-order valence-corrected chi connectivity index (χ0v) is 11.2. The summed E-state index contributed by atoms with van der Waals surface area (Å²) in [4.78, 5) is 3.83. The Hall–Kier alpha value is -0.920. The Kier molecular flexibility index (Phi) is 4.04. The zero-order valence-electron chi connectivity index (χ0n) is 10.4. The average molecular weight is 273 g/mol. The van der Waals surface area contributed by atoms with Crippen molar-refractivity contribution in [2.45, 2.75) is 49.3 Å². The smallest absolute Gasteiger partial charge is 0.259 e. The molecule has 7 heteroatoms. The van der Waals surface area contributed by atoms with Gasteiger partial charge in [0.1, 0.15) is 0 Å². The quantitative estimate of drug-likeness (QED) is 0.780. The molecule has 0 bridgehead atoms. The van der Waals surface area contributed by atoms with Crippen molar-refractivity contribution in [2.24, 2.45) is 7.05 Å². The highest BCUT2D eigenvalue weighted by Crippen LogP contribution is 2.19. The molecular formula is C11H19N3O3S. The van der Waals surface area contributed by atoms with Crippen LogP contribution in [0.1, 0.15) is 32.1 Å². The first-order chi connectivity index (χ1) is 8.49. The summed E-state index contributed by atoms with van der Waals surface area (Å²) < 4.78 is 28.3. The summed E-state index contributed by atoms with van der Waals surface area (Å²) >= 11 is 0. The van der Waals surface area contributed by atoms with Crippen LogP contribution in [0.5, 0.6) is 0 Å². The zero-order chi connectivity index (χ0) is 13.2. The largest absolute Gasteiger partial charge is 0.391 e. The van der Waals surface area contributed by atoms with Crippen LogP contribution in [0.2, 0.25) is 0 Å². The normalized spacial score (nSPS) is 25.9. The maximum absolute atomic E-state index is 12.1. The van der Waals surface area contributed by atoms with E-state index in [0.29, 0.717) is 12.8 Å². The number of sulfonamides is 1. The van der Waals surface area contributed by atoms with Crippen LogP contribution in [-0.4, -0.2) is 35.2 Å². The minimum Gasteiger partial charge on any atom is -0.391 e. The van der Waals surface area contributed by atoms with Gasteiger partial charge in [-0.2, -0.15) is 0 Å². The summed E-state index contributed by atoms with van der Waals surface area (Å²) in [6.07, 6.45) is 6.53. The summed E-state index contributed by atoms with van der Waals surface area (Å²) in [5.41, 5.74) is 0. The molecule has 0 aromatic carbocycles. The summed E-state index contributed by atoms with van der Waals surface area (Å²) in [5, 5.41) is 9.91. The summed E-state index contributed by atoms with van der Waals surface area (Å²) in [6, 6.07) is -0.403. The van der Waals surface area contributed by atoms with E-state index >= 15 is 0 Å². The lowest BCUT2D eigenvalue weighted by molar-refractivity contribution is 0.130. The van der Waals surface area contributed by atoms with Gasteiger partial charge in [0.05, 0.1) is 12.4 Å². The first kappa shape index (κ1) is 13.5. The van der Waals surface area contributed by atoms with Gasteiger partial charge in [0, 0.05) is 19.3 Å². The molecule has 0 saturated heterocycles. The minimum absolute atomic E-state index is 0.00134. The molecule has 1 heterocycles. The number of imidazole rings is 1. The molecule has 2 unspecified atom stereocenters. The third-order valence-corrected chi connectivity index (χ3v) is 4.62. The first-order valence-corrected chi connectivity index (χ1v) is 7.66. The molecule has 0 amide bonds. The highest BCUT2D eigenvalue weighted by molar-refractivity contribution is 7.89. The Morgan fingerprint density at radius 2 is 2.11 bits per heavy atom. The molecule has 0 radical (unpaired) electrons. The number of aliphatic hydroxyl groups is 1. The number of aromatic nitrogens is 2. The van der Waals surface area contributed by atoms with E-state index in [2.05, 4.69) is 9.71 Å². The van der Waals surface area contributed by atoms with Crippen molar-refractivity contribution in [1.29, 1.82) is 0 Å². The molecule has 0 aliphatic heterocycles. The number of nitrogens with one attached hydrogen (secondary N) is 1. The third-order valence-electron chi connectivity index (χ3n) is 3.24. The number of aliphatic hydroxyl groups excluding tert-OH is 1. The van der Waals surface area contributed by atoms with E-state index in [-0.39, 0.29) is 5.03 Å². The fraction of sp³-hybridized carbons (Fsp3) is 0.727. The molecule has 102 valence electrons. The number of hydrogen-bond acceptors (Lipinski definition) is 4. The molecule has 18 heavy (non-hydrogen) atoms. The highest BCUT2D eigenvalue weighted by Gasteiger charge is 2.28. The molecule has 1 fully saturated rings. The summed E-state index contributed by atoms with van der Waals surface area (Å²) in [6.45, 7) is 0. The second-order valence-electron chi connectivity index (χ2n) is 4.81. The van der Waals surface area contributed by atoms with Crippen LogP contribution in [0.25, 0.3) is 0 Å². The molecule has 2 atom stereocenters. The van der Waals surface area contributed by atoms with Crippen LogP contribution in [0, 0.1) is 0 Å². The molecule has 2 rings (SSSR count). The summed E-state index contributed by atoms with van der Waals surface area (Å²) in [7, 11) is -1.92. The topological polar surface area (TPSA) is 84.2 Å². The lowest BCUT2D eigenvalue weighted by Crippen LogP contribution is -2.42. The SMILES string of the molecule is Cn1cnc(S(=O)(=O)NC2CCCCCC2O)c1. The van der Waals surface area contributed by atoms with Crippen molar-refractivity contribution in [3.8, 4) is 0 Å². The molecule has 6 nitrogen and oxygen atoms in total. The fourth-order valence-corrected chi connectivity index (χ4v) is 3.50. The molecule has 1 saturated carbocycles. The van der Waals surface area contributed by atoms with Gasteiger partial charge < -0.3 is 9.67 Å². The molecule has 1 aliphatic rings. The Labute approximate surface area is 107 Å². The average Bonchev–Trinajstić information content (AvgIpc) is 2.65. The van der Waals surface area contributed by atoms with Crippen LogP contribution in [0.3, 0.4) is 0 Å². The van der Waals surface area contributed by atoms with Crippen molar-refractivity contribution in [3.63, 3.8) is 0 Å². The van der Waals surface area contributed by atoms with Crippen molar-refractivity contribution in [3.05, 3.63) is 12.5 Å². The van der Waals surface area contributed by atoms with Crippen molar-refractivity contribution in [2.75, 3.05) is 0 Å². The lowest BCUT2D eigenvalue weighted by Gasteiger charge is -2.20. The Morgan fingerprint density at radius 1 is 1.39 bits per heavy atom. The Balaban J connectivity index is 2.11. The van der Waals surface area contributed by atoms with Crippen LogP contribution in [-0.2, 0) is 17.1 Å². The molecule has 1 aromatic rings. The number of rotatable bonds is 3. The second-order valence-corrected chi connectivity index (χ2v) is 6.47. The predicted octanol–water partition coefficient (Wildman–Crippen LogP) is 0.392. The van der Waals surface area contributed by atoms with Gasteiger partial charge in [-0.25, -0.2) is 18.1 Å². The van der Waals surface area contributed by atoms with Crippen LogP contribution < -0.4 is 4.72 Å². The number of hydrogen-bond donors (Lipinski definition) is 2. The van der Waals surface area contributed by atoms with Gasteiger partial charge in [0.25, 0.3) is 10.0 Å². The van der Waals surface area contributed by atoms with E-state index in [9.17, 15) is 13.5 Å². The molecule has 1 aliphatic carbocycles. The van der Waals surface area contributed by atoms with Gasteiger partial charge in [0.15, 0.2) is 5.03 Å². The number of aryl methyl sites for hydroxylation is 1. The van der Waals surface area contributed by atoms with Gasteiger partial charge in [-0.05, 0) is 12.8 Å². The van der Waals surface area contributed by atoms with E-state index in [1.54, 1.807) is 11.6 Å². The van der Waals surface area contributed by atoms with Crippen molar-refractivity contribution < 1.29 is 13.5 Å². The molecule has 0 spiro atoms. The van der Waals surface area contributed by atoms with E-state index in [4.69, 9.17) is 0 Å². The van der Waals surface area contributed by atoms with Gasteiger partial charge in [0.2, 0.25) is 0 Å². The van der Waals surface area contributed by atoms with Crippen molar-refractivity contribution in [1.82, 2.24) is 14.3 Å². The fourth-order valence-electron chi connectivity index (χ4n) is 2.21. The lowest BCUT2D eigenvalue weighted by atomic mass is 10.1. The third kappa shape index (κ3) is 3.09.